The van der Waals surface area contributed by atoms with Gasteiger partial charge < -0.3 is 9.84 Å². The predicted octanol–water partition coefficient (Wildman–Crippen LogP) is 5.31. The highest BCUT2D eigenvalue weighted by Crippen LogP contribution is 2.48. The molecule has 1 aromatic heterocycles. The van der Waals surface area contributed by atoms with Gasteiger partial charge in [0.05, 0.1) is 0 Å². The van der Waals surface area contributed by atoms with Crippen LogP contribution in [0.2, 0.25) is 10.0 Å². The van der Waals surface area contributed by atoms with Crippen LogP contribution in [0.25, 0.3) is 0 Å². The van der Waals surface area contributed by atoms with Gasteiger partial charge in [-0.2, -0.15) is 0 Å². The van der Waals surface area contributed by atoms with Crippen LogP contribution >= 0.6 is 23.2 Å². The van der Waals surface area contributed by atoms with Crippen LogP contribution in [0, 0.1) is 0 Å². The van der Waals surface area contributed by atoms with Crippen molar-refractivity contribution in [2.45, 2.75) is 5.92 Å². The van der Waals surface area contributed by atoms with Crippen LogP contribution in [0.1, 0.15) is 22.6 Å². The van der Waals surface area contributed by atoms with E-state index in [2.05, 4.69) is 4.98 Å². The average Bonchev–Trinajstić information content (AvgIpc) is 2.82. The monoisotopic (exact) mass is 331 g/mol. The first-order valence-corrected chi connectivity index (χ1v) is 7.52. The molecule has 0 spiro atoms. The number of aromatic nitrogens is 1. The Morgan fingerprint density at radius 2 is 1.68 bits per heavy atom. The summed E-state index contributed by atoms with van der Waals surface area (Å²) in [5, 5.41) is 10.9. The summed E-state index contributed by atoms with van der Waals surface area (Å²) in [5.41, 5.74) is 2.82. The van der Waals surface area contributed by atoms with Gasteiger partial charge in [0.25, 0.3) is 0 Å². The molecule has 0 saturated carbocycles. The number of rotatable bonds is 1. The van der Waals surface area contributed by atoms with Gasteiger partial charge in [0.2, 0.25) is 5.88 Å². The number of aromatic amines is 1. The molecule has 1 aliphatic rings. The number of fused-ring (bicyclic) bond motifs is 2. The quantitative estimate of drug-likeness (QED) is 0.496. The first-order chi connectivity index (χ1) is 10.6. The number of ether oxygens (including phenoxy) is 1. The summed E-state index contributed by atoms with van der Waals surface area (Å²) in [6.45, 7) is 0. The molecule has 0 radical (unpaired) electrons. The highest BCUT2D eigenvalue weighted by Gasteiger charge is 2.30. The second-order valence-corrected chi connectivity index (χ2v) is 6.09. The van der Waals surface area contributed by atoms with Crippen molar-refractivity contribution < 1.29 is 9.84 Å². The highest BCUT2D eigenvalue weighted by atomic mass is 35.5. The van der Waals surface area contributed by atoms with Crippen molar-refractivity contribution in [3.8, 4) is 17.5 Å². The molecular formula is C17H11Cl2NO2. The molecule has 0 saturated heterocycles. The van der Waals surface area contributed by atoms with Crippen molar-refractivity contribution in [1.82, 2.24) is 4.98 Å². The van der Waals surface area contributed by atoms with E-state index in [1.54, 1.807) is 12.1 Å². The van der Waals surface area contributed by atoms with E-state index in [0.29, 0.717) is 15.9 Å². The smallest absolute Gasteiger partial charge is 0.204 e. The molecule has 1 unspecified atom stereocenters. The predicted molar refractivity (Wildman–Crippen MR) is 86.4 cm³/mol. The van der Waals surface area contributed by atoms with Crippen LogP contribution in [0.3, 0.4) is 0 Å². The normalized spacial score (nSPS) is 15.8. The molecule has 2 aromatic carbocycles. The Hall–Kier alpha value is -2.10. The zero-order valence-electron chi connectivity index (χ0n) is 11.3. The summed E-state index contributed by atoms with van der Waals surface area (Å²) in [6, 6.07) is 14.9. The van der Waals surface area contributed by atoms with Gasteiger partial charge in [-0.3, -0.25) is 4.98 Å². The van der Waals surface area contributed by atoms with Crippen LogP contribution in [0.4, 0.5) is 0 Å². The zero-order valence-corrected chi connectivity index (χ0v) is 12.8. The van der Waals surface area contributed by atoms with Gasteiger partial charge in [0, 0.05) is 33.2 Å². The van der Waals surface area contributed by atoms with Crippen molar-refractivity contribution in [3.05, 3.63) is 75.3 Å². The Labute approximate surface area is 137 Å². The average molecular weight is 332 g/mol. The summed E-state index contributed by atoms with van der Waals surface area (Å²) in [7, 11) is 0. The number of halogens is 2. The molecule has 22 heavy (non-hydrogen) atoms. The van der Waals surface area contributed by atoms with Crippen LogP contribution in [0.5, 0.6) is 17.5 Å². The van der Waals surface area contributed by atoms with Crippen LogP contribution < -0.4 is 4.74 Å². The fourth-order valence-corrected chi connectivity index (χ4v) is 3.47. The fourth-order valence-electron chi connectivity index (χ4n) is 2.93. The summed E-state index contributed by atoms with van der Waals surface area (Å²) in [4.78, 5) is 2.83. The molecule has 0 amide bonds. The summed E-state index contributed by atoms with van der Waals surface area (Å²) in [5.74, 6) is 1.25. The standard InChI is InChI=1S/C17H11Cl2NO2/c18-10-5-9(6-11(19)7-10)16-12-3-1-2-4-14(12)22-17-13(16)8-15(21)20-17/h1-8,16,20-21H. The SMILES string of the molecule is Oc1cc2c([nH]1)Oc1ccccc1C2c1cc(Cl)cc(Cl)c1. The van der Waals surface area contributed by atoms with E-state index in [-0.39, 0.29) is 11.8 Å². The highest BCUT2D eigenvalue weighted by molar-refractivity contribution is 6.34. The molecule has 2 heterocycles. The number of H-pyrrole nitrogens is 1. The lowest BCUT2D eigenvalue weighted by molar-refractivity contribution is 0.420. The Balaban J connectivity index is 1.98. The van der Waals surface area contributed by atoms with Crippen molar-refractivity contribution in [2.75, 3.05) is 0 Å². The number of hydrogen-bond acceptors (Lipinski definition) is 2. The van der Waals surface area contributed by atoms with E-state index < -0.39 is 0 Å². The van der Waals surface area contributed by atoms with E-state index in [1.807, 2.05) is 36.4 Å². The van der Waals surface area contributed by atoms with E-state index in [1.165, 1.54) is 0 Å². The lowest BCUT2D eigenvalue weighted by atomic mass is 9.84. The minimum atomic E-state index is -0.103. The third kappa shape index (κ3) is 2.14. The van der Waals surface area contributed by atoms with Crippen LogP contribution in [-0.4, -0.2) is 10.1 Å². The lowest BCUT2D eigenvalue weighted by Crippen LogP contribution is -2.10. The minimum Gasteiger partial charge on any atom is -0.495 e. The third-order valence-electron chi connectivity index (χ3n) is 3.77. The molecule has 2 N–H and O–H groups in total. The molecule has 110 valence electrons. The van der Waals surface area contributed by atoms with Crippen molar-refractivity contribution in [1.29, 1.82) is 0 Å². The fraction of sp³-hybridized carbons (Fsp3) is 0.0588. The Bertz CT molecular complexity index is 853. The maximum atomic E-state index is 9.79. The van der Waals surface area contributed by atoms with Gasteiger partial charge in [-0.15, -0.1) is 0 Å². The molecule has 1 atom stereocenters. The molecule has 3 nitrogen and oxygen atoms in total. The summed E-state index contributed by atoms with van der Waals surface area (Å²) < 4.78 is 5.83. The first kappa shape index (κ1) is 13.6. The number of nitrogens with one attached hydrogen (secondary N) is 1. The summed E-state index contributed by atoms with van der Waals surface area (Å²) in [6.07, 6.45) is 0. The molecule has 1 aliphatic heterocycles. The molecule has 0 fully saturated rings. The number of benzene rings is 2. The Morgan fingerprint density at radius 1 is 0.955 bits per heavy atom. The molecule has 0 aliphatic carbocycles. The van der Waals surface area contributed by atoms with Crippen molar-refractivity contribution >= 4 is 23.2 Å². The van der Waals surface area contributed by atoms with E-state index in [4.69, 9.17) is 27.9 Å². The number of aromatic hydroxyl groups is 1. The summed E-state index contributed by atoms with van der Waals surface area (Å²) >= 11 is 12.3. The maximum absolute atomic E-state index is 9.79. The van der Waals surface area contributed by atoms with Crippen molar-refractivity contribution in [3.63, 3.8) is 0 Å². The number of para-hydroxylation sites is 1. The van der Waals surface area contributed by atoms with Gasteiger partial charge in [-0.1, -0.05) is 41.4 Å². The number of hydrogen-bond donors (Lipinski definition) is 2. The maximum Gasteiger partial charge on any atom is 0.204 e. The molecule has 4 rings (SSSR count). The van der Waals surface area contributed by atoms with E-state index in [9.17, 15) is 5.11 Å². The Morgan fingerprint density at radius 3 is 2.45 bits per heavy atom. The first-order valence-electron chi connectivity index (χ1n) is 6.76. The van der Waals surface area contributed by atoms with Gasteiger partial charge in [-0.25, -0.2) is 0 Å². The molecule has 5 heteroatoms. The largest absolute Gasteiger partial charge is 0.495 e. The van der Waals surface area contributed by atoms with Gasteiger partial charge in [0.1, 0.15) is 5.75 Å². The third-order valence-corrected chi connectivity index (χ3v) is 4.20. The topological polar surface area (TPSA) is 45.2 Å². The van der Waals surface area contributed by atoms with E-state index >= 15 is 0 Å². The van der Waals surface area contributed by atoms with Crippen LogP contribution in [0.15, 0.2) is 48.5 Å². The van der Waals surface area contributed by atoms with Gasteiger partial charge in [0.15, 0.2) is 5.88 Å². The second kappa shape index (κ2) is 4.97. The minimum absolute atomic E-state index is 0.0657. The lowest BCUT2D eigenvalue weighted by Gasteiger charge is -2.26. The van der Waals surface area contributed by atoms with E-state index in [0.717, 1.165) is 22.4 Å². The Kier molecular flexibility index (Phi) is 3.06. The van der Waals surface area contributed by atoms with Gasteiger partial charge in [-0.05, 0) is 29.8 Å². The van der Waals surface area contributed by atoms with Gasteiger partial charge >= 0.3 is 0 Å². The molecule has 3 aromatic rings. The zero-order chi connectivity index (χ0) is 15.3. The molecule has 0 bridgehead atoms. The van der Waals surface area contributed by atoms with Crippen molar-refractivity contribution in [2.24, 2.45) is 0 Å². The van der Waals surface area contributed by atoms with Crippen LogP contribution in [-0.2, 0) is 0 Å². The second-order valence-electron chi connectivity index (χ2n) is 5.21. The molecular weight excluding hydrogens is 321 g/mol.